The fraction of sp³-hybridized carbons (Fsp3) is 0.667. The SMILES string of the molecule is C[C@@H]1C[C@H](O)C2=C(COC2=O)C2=C[C@](C)(CO)C[C@@H]21. The zero-order chi connectivity index (χ0) is 13.8. The molecule has 0 bridgehead atoms. The van der Waals surface area contributed by atoms with Crippen molar-refractivity contribution in [2.45, 2.75) is 32.8 Å². The van der Waals surface area contributed by atoms with Gasteiger partial charge in [0.05, 0.1) is 18.3 Å². The summed E-state index contributed by atoms with van der Waals surface area (Å²) in [6.45, 7) is 4.52. The van der Waals surface area contributed by atoms with Crippen molar-refractivity contribution in [3.63, 3.8) is 0 Å². The minimum atomic E-state index is -0.716. The summed E-state index contributed by atoms with van der Waals surface area (Å²) in [7, 11) is 0. The highest BCUT2D eigenvalue weighted by Gasteiger charge is 2.45. The summed E-state index contributed by atoms with van der Waals surface area (Å²) in [4.78, 5) is 11.8. The highest BCUT2D eigenvalue weighted by Crippen LogP contribution is 2.50. The summed E-state index contributed by atoms with van der Waals surface area (Å²) >= 11 is 0. The summed E-state index contributed by atoms with van der Waals surface area (Å²) in [6.07, 6.45) is 2.82. The molecule has 4 heteroatoms. The Balaban J connectivity index is 2.11. The van der Waals surface area contributed by atoms with E-state index < -0.39 is 6.10 Å². The smallest absolute Gasteiger partial charge is 0.337 e. The second-order valence-electron chi connectivity index (χ2n) is 6.42. The van der Waals surface area contributed by atoms with E-state index in [0.29, 0.717) is 23.8 Å². The Kier molecular flexibility index (Phi) is 2.84. The molecule has 4 nitrogen and oxygen atoms in total. The molecule has 0 radical (unpaired) electrons. The van der Waals surface area contributed by atoms with Gasteiger partial charge >= 0.3 is 5.97 Å². The lowest BCUT2D eigenvalue weighted by Gasteiger charge is -2.25. The van der Waals surface area contributed by atoms with Gasteiger partial charge in [0, 0.05) is 11.0 Å². The Labute approximate surface area is 112 Å². The zero-order valence-corrected chi connectivity index (χ0v) is 11.3. The van der Waals surface area contributed by atoms with Crippen molar-refractivity contribution in [3.8, 4) is 0 Å². The summed E-state index contributed by atoms with van der Waals surface area (Å²) < 4.78 is 5.09. The molecule has 0 spiro atoms. The molecule has 0 saturated heterocycles. The van der Waals surface area contributed by atoms with Crippen molar-refractivity contribution in [1.29, 1.82) is 0 Å². The van der Waals surface area contributed by atoms with Crippen LogP contribution in [0, 0.1) is 17.3 Å². The molecule has 1 heterocycles. The fourth-order valence-electron chi connectivity index (χ4n) is 3.71. The Morgan fingerprint density at radius 1 is 1.53 bits per heavy atom. The first-order valence-corrected chi connectivity index (χ1v) is 6.87. The number of cyclic esters (lactones) is 1. The molecule has 2 N–H and O–H groups in total. The first kappa shape index (κ1) is 12.9. The number of aliphatic hydroxyl groups excluding tert-OH is 2. The molecule has 3 rings (SSSR count). The van der Waals surface area contributed by atoms with E-state index in [1.165, 1.54) is 0 Å². The summed E-state index contributed by atoms with van der Waals surface area (Å²) in [5, 5.41) is 19.8. The molecule has 0 fully saturated rings. The monoisotopic (exact) mass is 264 g/mol. The van der Waals surface area contributed by atoms with Crippen LogP contribution in [0.3, 0.4) is 0 Å². The van der Waals surface area contributed by atoms with E-state index in [2.05, 4.69) is 13.0 Å². The minimum Gasteiger partial charge on any atom is -0.457 e. The number of fused-ring (bicyclic) bond motifs is 2. The van der Waals surface area contributed by atoms with Crippen LogP contribution < -0.4 is 0 Å². The third-order valence-electron chi connectivity index (χ3n) is 4.81. The second kappa shape index (κ2) is 4.18. The van der Waals surface area contributed by atoms with Gasteiger partial charge in [0.15, 0.2) is 0 Å². The predicted molar refractivity (Wildman–Crippen MR) is 69.2 cm³/mol. The molecule has 1 aliphatic heterocycles. The lowest BCUT2D eigenvalue weighted by molar-refractivity contribution is -0.137. The quantitative estimate of drug-likeness (QED) is 0.698. The molecular weight excluding hydrogens is 244 g/mol. The molecule has 104 valence electrons. The van der Waals surface area contributed by atoms with E-state index in [0.717, 1.165) is 17.6 Å². The number of aliphatic hydroxyl groups is 2. The average Bonchev–Trinajstić information content (AvgIpc) is 2.88. The second-order valence-corrected chi connectivity index (χ2v) is 6.42. The van der Waals surface area contributed by atoms with Gasteiger partial charge in [-0.2, -0.15) is 0 Å². The Morgan fingerprint density at radius 3 is 2.95 bits per heavy atom. The van der Waals surface area contributed by atoms with Gasteiger partial charge in [0.25, 0.3) is 0 Å². The van der Waals surface area contributed by atoms with Gasteiger partial charge in [0.2, 0.25) is 0 Å². The van der Waals surface area contributed by atoms with Gasteiger partial charge in [-0.25, -0.2) is 4.79 Å². The van der Waals surface area contributed by atoms with Crippen molar-refractivity contribution in [3.05, 3.63) is 22.8 Å². The highest BCUT2D eigenvalue weighted by atomic mass is 16.5. The van der Waals surface area contributed by atoms with Crippen LogP contribution in [-0.4, -0.2) is 35.5 Å². The van der Waals surface area contributed by atoms with Crippen LogP contribution in [0.4, 0.5) is 0 Å². The third kappa shape index (κ3) is 1.85. The van der Waals surface area contributed by atoms with E-state index in [-0.39, 0.29) is 24.6 Å². The van der Waals surface area contributed by atoms with Gasteiger partial charge in [-0.3, -0.25) is 0 Å². The van der Waals surface area contributed by atoms with Gasteiger partial charge in [0.1, 0.15) is 6.61 Å². The van der Waals surface area contributed by atoms with Crippen molar-refractivity contribution in [2.24, 2.45) is 17.3 Å². The normalized spacial score (nSPS) is 41.6. The van der Waals surface area contributed by atoms with Crippen LogP contribution in [-0.2, 0) is 9.53 Å². The molecule has 0 saturated carbocycles. The van der Waals surface area contributed by atoms with E-state index in [1.807, 2.05) is 6.92 Å². The lowest BCUT2D eigenvalue weighted by Crippen LogP contribution is -2.23. The molecule has 2 aliphatic carbocycles. The van der Waals surface area contributed by atoms with Crippen molar-refractivity contribution in [1.82, 2.24) is 0 Å². The molecule has 4 atom stereocenters. The standard InChI is InChI=1S/C15H20O4/c1-8-3-12(17)13-11(6-19-14(13)18)10-5-15(2,7-16)4-9(8)10/h5,8-9,12,16-17H,3-4,6-7H2,1-2H3/t8-,9-,12+,15-/m1/s1. The van der Waals surface area contributed by atoms with Crippen molar-refractivity contribution in [2.75, 3.05) is 13.2 Å². The maximum Gasteiger partial charge on any atom is 0.337 e. The predicted octanol–water partition coefficient (Wildman–Crippen LogP) is 1.19. The van der Waals surface area contributed by atoms with Crippen molar-refractivity contribution < 1.29 is 19.7 Å². The lowest BCUT2D eigenvalue weighted by atomic mass is 9.81. The average molecular weight is 264 g/mol. The van der Waals surface area contributed by atoms with E-state index in [1.54, 1.807) is 0 Å². The van der Waals surface area contributed by atoms with Gasteiger partial charge in [-0.15, -0.1) is 0 Å². The van der Waals surface area contributed by atoms with E-state index in [4.69, 9.17) is 4.74 Å². The van der Waals surface area contributed by atoms with E-state index >= 15 is 0 Å². The number of carbonyl (C=O) groups excluding carboxylic acids is 1. The Morgan fingerprint density at radius 2 is 2.26 bits per heavy atom. The maximum atomic E-state index is 11.8. The van der Waals surface area contributed by atoms with Crippen LogP contribution in [0.5, 0.6) is 0 Å². The van der Waals surface area contributed by atoms with Crippen LogP contribution in [0.2, 0.25) is 0 Å². The first-order valence-electron chi connectivity index (χ1n) is 6.87. The summed E-state index contributed by atoms with van der Waals surface area (Å²) in [5.74, 6) is 0.218. The zero-order valence-electron chi connectivity index (χ0n) is 11.3. The molecule has 0 aromatic carbocycles. The minimum absolute atomic E-state index is 0.111. The van der Waals surface area contributed by atoms with Crippen LogP contribution in [0.15, 0.2) is 22.8 Å². The van der Waals surface area contributed by atoms with Crippen LogP contribution in [0.1, 0.15) is 26.7 Å². The largest absolute Gasteiger partial charge is 0.457 e. The number of hydrogen-bond donors (Lipinski definition) is 2. The molecule has 0 aromatic rings. The number of ether oxygens (including phenoxy) is 1. The van der Waals surface area contributed by atoms with Gasteiger partial charge in [-0.05, 0) is 30.3 Å². The first-order chi connectivity index (χ1) is 8.95. The third-order valence-corrected chi connectivity index (χ3v) is 4.81. The fourth-order valence-corrected chi connectivity index (χ4v) is 3.71. The number of rotatable bonds is 1. The van der Waals surface area contributed by atoms with Gasteiger partial charge in [-0.1, -0.05) is 19.9 Å². The van der Waals surface area contributed by atoms with Gasteiger partial charge < -0.3 is 14.9 Å². The molecule has 0 unspecified atom stereocenters. The van der Waals surface area contributed by atoms with Crippen molar-refractivity contribution >= 4 is 5.97 Å². The maximum absolute atomic E-state index is 11.8. The summed E-state index contributed by atoms with van der Waals surface area (Å²) in [6, 6.07) is 0. The summed E-state index contributed by atoms with van der Waals surface area (Å²) in [5.41, 5.74) is 2.20. The Hall–Kier alpha value is -1.13. The van der Waals surface area contributed by atoms with E-state index in [9.17, 15) is 15.0 Å². The molecular formula is C15H20O4. The van der Waals surface area contributed by atoms with Crippen LogP contribution >= 0.6 is 0 Å². The number of esters is 1. The topological polar surface area (TPSA) is 66.8 Å². The number of carbonyl (C=O) groups is 1. The molecule has 19 heavy (non-hydrogen) atoms. The molecule has 0 amide bonds. The molecule has 3 aliphatic rings. The number of hydrogen-bond acceptors (Lipinski definition) is 4. The van der Waals surface area contributed by atoms with Crippen LogP contribution in [0.25, 0.3) is 0 Å². The molecule has 0 aromatic heterocycles. The highest BCUT2D eigenvalue weighted by molar-refractivity contribution is 5.94. The Bertz CT molecular complexity index is 490.